The normalized spacial score (nSPS) is 12.3. The molecular weight excluding hydrogens is 571 g/mol. The van der Waals surface area contributed by atoms with Crippen molar-refractivity contribution in [1.29, 1.82) is 0 Å². The van der Waals surface area contributed by atoms with Crippen LogP contribution in [0.4, 0.5) is 0 Å². The summed E-state index contributed by atoms with van der Waals surface area (Å²) in [6.07, 6.45) is 0. The lowest BCUT2D eigenvalue weighted by atomic mass is 9.93. The van der Waals surface area contributed by atoms with Gasteiger partial charge in [0.1, 0.15) is 5.69 Å². The van der Waals surface area contributed by atoms with E-state index < -0.39 is 0 Å². The van der Waals surface area contributed by atoms with Crippen LogP contribution in [0.1, 0.15) is 0 Å². The van der Waals surface area contributed by atoms with Crippen LogP contribution in [-0.4, -0.2) is 14.5 Å². The van der Waals surface area contributed by atoms with Crippen LogP contribution < -0.4 is 0 Å². The molecule has 1 aliphatic carbocycles. The summed E-state index contributed by atoms with van der Waals surface area (Å²) in [7, 11) is 0. The monoisotopic (exact) mass is 595 g/mol. The largest absolute Gasteiger partial charge is 0.292 e. The van der Waals surface area contributed by atoms with Gasteiger partial charge < -0.3 is 0 Å². The summed E-state index contributed by atoms with van der Waals surface area (Å²) < 4.78 is 2.37. The van der Waals surface area contributed by atoms with Crippen LogP contribution in [0.5, 0.6) is 0 Å². The number of fused-ring (bicyclic) bond motifs is 2. The molecule has 216 valence electrons. The van der Waals surface area contributed by atoms with Gasteiger partial charge in [0, 0.05) is 21.7 Å². The van der Waals surface area contributed by atoms with E-state index in [0.29, 0.717) is 0 Å². The molecule has 3 nitrogen and oxygen atoms in total. The van der Waals surface area contributed by atoms with Crippen molar-refractivity contribution in [3.05, 3.63) is 152 Å². The number of benzene rings is 8. The summed E-state index contributed by atoms with van der Waals surface area (Å²) in [6.45, 7) is 0. The molecule has 1 aliphatic rings. The minimum atomic E-state index is 0.841. The average Bonchev–Trinajstić information content (AvgIpc) is 3.41. The fourth-order valence-electron chi connectivity index (χ4n) is 8.03. The van der Waals surface area contributed by atoms with Gasteiger partial charge in [0.05, 0.1) is 22.1 Å². The summed E-state index contributed by atoms with van der Waals surface area (Å²) in [6, 6.07) is 54.6. The Morgan fingerprint density at radius 2 is 0.851 bits per heavy atom. The molecule has 8 aromatic carbocycles. The first kappa shape index (κ1) is 24.9. The SMILES string of the molecule is c1ccc(-c2ccc(-c3nc4ccccc4nc3-n3c4ccc5cccc6c5c4c4c5c(ccc7cccc-6c75)ccc43)cc2)cc1. The fourth-order valence-corrected chi connectivity index (χ4v) is 8.03. The number of para-hydroxylation sites is 2. The summed E-state index contributed by atoms with van der Waals surface area (Å²) in [5.41, 5.74) is 10.9. The Morgan fingerprint density at radius 3 is 1.53 bits per heavy atom. The van der Waals surface area contributed by atoms with Crippen LogP contribution in [0.3, 0.4) is 0 Å². The lowest BCUT2D eigenvalue weighted by Crippen LogP contribution is -2.04. The molecule has 10 aromatic rings. The number of rotatable bonds is 3. The van der Waals surface area contributed by atoms with Gasteiger partial charge in [-0.15, -0.1) is 0 Å². The van der Waals surface area contributed by atoms with Gasteiger partial charge in [0.15, 0.2) is 5.82 Å². The van der Waals surface area contributed by atoms with E-state index in [1.165, 1.54) is 65.3 Å². The molecule has 0 fully saturated rings. The molecular formula is C44H25N3. The van der Waals surface area contributed by atoms with Crippen LogP contribution in [0.2, 0.25) is 0 Å². The predicted molar refractivity (Wildman–Crippen MR) is 196 cm³/mol. The predicted octanol–water partition coefficient (Wildman–Crippen LogP) is 11.5. The molecule has 0 saturated heterocycles. The zero-order valence-electron chi connectivity index (χ0n) is 25.3. The molecule has 0 amide bonds. The minimum Gasteiger partial charge on any atom is -0.292 e. The second-order valence-electron chi connectivity index (χ2n) is 12.6. The van der Waals surface area contributed by atoms with Gasteiger partial charge in [0.25, 0.3) is 0 Å². The first-order chi connectivity index (χ1) is 23.3. The Balaban J connectivity index is 1.31. The molecule has 0 spiro atoms. The Bertz CT molecular complexity index is 2940. The van der Waals surface area contributed by atoms with Gasteiger partial charge in [-0.25, -0.2) is 9.97 Å². The van der Waals surface area contributed by atoms with Crippen LogP contribution in [0, 0.1) is 0 Å². The second-order valence-corrected chi connectivity index (χ2v) is 12.6. The molecule has 2 heterocycles. The molecule has 47 heavy (non-hydrogen) atoms. The Morgan fingerprint density at radius 1 is 0.340 bits per heavy atom. The standard InChI is InChI=1S/C44H25N3/c1-2-8-26(9-3-1)27-16-20-31(21-17-27)43-44(46-35-15-5-4-14-34(35)45-43)47-36-24-22-29-11-7-13-33-32-12-6-10-28-18-19-30-23-25-37(47)42(40(30)38(28)32)41(36)39(29)33/h1-25H. The molecule has 0 saturated carbocycles. The third-order valence-corrected chi connectivity index (χ3v) is 10.1. The molecule has 2 aromatic heterocycles. The van der Waals surface area contributed by atoms with Gasteiger partial charge in [-0.1, -0.05) is 127 Å². The number of hydrogen-bond acceptors (Lipinski definition) is 2. The van der Waals surface area contributed by atoms with Crippen molar-refractivity contribution in [3.8, 4) is 39.3 Å². The Labute approximate surface area is 270 Å². The fraction of sp³-hybridized carbons (Fsp3) is 0. The first-order valence-electron chi connectivity index (χ1n) is 16.1. The van der Waals surface area contributed by atoms with Gasteiger partial charge in [0.2, 0.25) is 0 Å². The second kappa shape index (κ2) is 9.12. The van der Waals surface area contributed by atoms with E-state index in [-0.39, 0.29) is 0 Å². The lowest BCUT2D eigenvalue weighted by Gasteiger charge is -2.16. The van der Waals surface area contributed by atoms with Crippen molar-refractivity contribution in [2.75, 3.05) is 0 Å². The van der Waals surface area contributed by atoms with Crippen LogP contribution in [0.15, 0.2) is 152 Å². The van der Waals surface area contributed by atoms with Gasteiger partial charge in [-0.05, 0) is 73.5 Å². The van der Waals surface area contributed by atoms with Crippen molar-refractivity contribution < 1.29 is 0 Å². The number of nitrogens with zero attached hydrogens (tertiary/aromatic N) is 3. The topological polar surface area (TPSA) is 30.7 Å². The molecule has 0 unspecified atom stereocenters. The van der Waals surface area contributed by atoms with E-state index >= 15 is 0 Å². The van der Waals surface area contributed by atoms with E-state index in [1.54, 1.807) is 0 Å². The molecule has 0 radical (unpaired) electrons. The number of aromatic nitrogens is 3. The first-order valence-corrected chi connectivity index (χ1v) is 16.1. The van der Waals surface area contributed by atoms with Crippen molar-refractivity contribution in [1.82, 2.24) is 14.5 Å². The van der Waals surface area contributed by atoms with Gasteiger partial charge >= 0.3 is 0 Å². The molecule has 0 atom stereocenters. The van der Waals surface area contributed by atoms with Crippen molar-refractivity contribution >= 4 is 65.2 Å². The van der Waals surface area contributed by atoms with E-state index in [4.69, 9.17) is 9.97 Å². The van der Waals surface area contributed by atoms with E-state index in [9.17, 15) is 0 Å². The van der Waals surface area contributed by atoms with Crippen molar-refractivity contribution in [2.45, 2.75) is 0 Å². The summed E-state index contributed by atoms with van der Waals surface area (Å²) in [5.74, 6) is 0.841. The molecule has 0 N–H and O–H groups in total. The smallest absolute Gasteiger partial charge is 0.165 e. The maximum Gasteiger partial charge on any atom is 0.165 e. The summed E-state index contributed by atoms with van der Waals surface area (Å²) in [5, 5.41) is 10.3. The summed E-state index contributed by atoms with van der Waals surface area (Å²) in [4.78, 5) is 10.7. The number of hydrogen-bond donors (Lipinski definition) is 0. The van der Waals surface area contributed by atoms with Gasteiger partial charge in [-0.3, -0.25) is 4.57 Å². The van der Waals surface area contributed by atoms with Gasteiger partial charge in [-0.2, -0.15) is 0 Å². The van der Waals surface area contributed by atoms with E-state index in [0.717, 1.165) is 39.1 Å². The molecule has 0 bridgehead atoms. The Hall–Kier alpha value is -6.32. The van der Waals surface area contributed by atoms with E-state index in [2.05, 4.69) is 144 Å². The minimum absolute atomic E-state index is 0.841. The quantitative estimate of drug-likeness (QED) is 0.190. The highest BCUT2D eigenvalue weighted by molar-refractivity contribution is 6.38. The average molecular weight is 596 g/mol. The van der Waals surface area contributed by atoms with Crippen LogP contribution >= 0.6 is 0 Å². The maximum atomic E-state index is 5.41. The third kappa shape index (κ3) is 3.35. The zero-order valence-corrected chi connectivity index (χ0v) is 25.3. The Kier molecular flexibility index (Phi) is 4.84. The highest BCUT2D eigenvalue weighted by atomic mass is 15.1. The van der Waals surface area contributed by atoms with Crippen LogP contribution in [0.25, 0.3) is 104 Å². The summed E-state index contributed by atoms with van der Waals surface area (Å²) >= 11 is 0. The third-order valence-electron chi connectivity index (χ3n) is 10.1. The van der Waals surface area contributed by atoms with Crippen LogP contribution in [-0.2, 0) is 0 Å². The van der Waals surface area contributed by atoms with Crippen molar-refractivity contribution in [3.63, 3.8) is 0 Å². The van der Waals surface area contributed by atoms with Crippen molar-refractivity contribution in [2.24, 2.45) is 0 Å². The molecule has 3 heteroatoms. The lowest BCUT2D eigenvalue weighted by molar-refractivity contribution is 1.08. The zero-order chi connectivity index (χ0) is 30.6. The van der Waals surface area contributed by atoms with E-state index in [1.807, 2.05) is 12.1 Å². The highest BCUT2D eigenvalue weighted by Gasteiger charge is 2.26. The molecule has 0 aliphatic heterocycles. The maximum absolute atomic E-state index is 5.41. The molecule has 11 rings (SSSR count). The highest BCUT2D eigenvalue weighted by Crippen LogP contribution is 2.50.